The molecule has 1 aliphatic rings. The average Bonchev–Trinajstić information content (AvgIpc) is 2.63. The number of methoxy groups -OCH3 is 1. The molecular weight excluding hydrogens is 344 g/mol. The number of likely N-dealkylation sites (tertiary alicyclic amines) is 1. The highest BCUT2D eigenvalue weighted by Crippen LogP contribution is 2.19. The molecule has 0 spiro atoms. The fraction of sp³-hybridized carbons (Fsp3) is 0.619. The van der Waals surface area contributed by atoms with Crippen molar-refractivity contribution in [3.63, 3.8) is 0 Å². The topological polar surface area (TPSA) is 67.9 Å². The van der Waals surface area contributed by atoms with Gasteiger partial charge in [-0.05, 0) is 63.6 Å². The lowest BCUT2D eigenvalue weighted by atomic mass is 9.98. The van der Waals surface area contributed by atoms with Gasteiger partial charge in [0.1, 0.15) is 11.4 Å². The maximum atomic E-state index is 12.2. The van der Waals surface area contributed by atoms with Gasteiger partial charge in [0.15, 0.2) is 0 Å². The van der Waals surface area contributed by atoms with Gasteiger partial charge in [-0.2, -0.15) is 0 Å². The molecule has 1 unspecified atom stereocenters. The lowest BCUT2D eigenvalue weighted by molar-refractivity contribution is -0.121. The Bertz CT molecular complexity index is 639. The maximum Gasteiger partial charge on any atom is 0.410 e. The summed E-state index contributed by atoms with van der Waals surface area (Å²) < 4.78 is 10.7. The Hall–Kier alpha value is -2.24. The van der Waals surface area contributed by atoms with Crippen LogP contribution >= 0.6 is 0 Å². The number of carbonyl (C=O) groups is 2. The summed E-state index contributed by atoms with van der Waals surface area (Å²) in [6.45, 7) is 7.55. The molecular formula is C21H32N2O4. The second kappa shape index (κ2) is 9.62. The Morgan fingerprint density at radius 1 is 1.30 bits per heavy atom. The molecule has 6 heteroatoms. The second-order valence-electron chi connectivity index (χ2n) is 8.09. The molecule has 0 radical (unpaired) electrons. The normalized spacial score (nSPS) is 17.3. The molecule has 6 nitrogen and oxygen atoms in total. The molecule has 2 amide bonds. The van der Waals surface area contributed by atoms with Crippen LogP contribution in [0.5, 0.6) is 5.75 Å². The maximum absolute atomic E-state index is 12.2. The van der Waals surface area contributed by atoms with Crippen LogP contribution < -0.4 is 10.1 Å². The van der Waals surface area contributed by atoms with Gasteiger partial charge in [0, 0.05) is 26.1 Å². The predicted octanol–water partition coefficient (Wildman–Crippen LogP) is 3.39. The van der Waals surface area contributed by atoms with Gasteiger partial charge in [-0.1, -0.05) is 12.1 Å². The smallest absolute Gasteiger partial charge is 0.410 e. The fourth-order valence-electron chi connectivity index (χ4n) is 3.16. The highest BCUT2D eigenvalue weighted by atomic mass is 16.6. The van der Waals surface area contributed by atoms with Crippen LogP contribution in [0, 0.1) is 5.92 Å². The molecule has 1 N–H and O–H groups in total. The molecule has 1 saturated heterocycles. The zero-order valence-electron chi connectivity index (χ0n) is 16.9. The Morgan fingerprint density at radius 2 is 2.07 bits per heavy atom. The number of hydrogen-bond donors (Lipinski definition) is 1. The lowest BCUT2D eigenvalue weighted by Gasteiger charge is -2.34. The Kier molecular flexibility index (Phi) is 7.51. The van der Waals surface area contributed by atoms with Crippen molar-refractivity contribution in [2.75, 3.05) is 26.7 Å². The van der Waals surface area contributed by atoms with Gasteiger partial charge in [-0.3, -0.25) is 4.79 Å². The van der Waals surface area contributed by atoms with Gasteiger partial charge in [0.05, 0.1) is 7.11 Å². The average molecular weight is 376 g/mol. The van der Waals surface area contributed by atoms with Gasteiger partial charge < -0.3 is 19.7 Å². The summed E-state index contributed by atoms with van der Waals surface area (Å²) in [5.41, 5.74) is 0.594. The third-order valence-electron chi connectivity index (χ3n) is 4.53. The van der Waals surface area contributed by atoms with E-state index in [0.29, 0.717) is 25.9 Å². The van der Waals surface area contributed by atoms with E-state index in [4.69, 9.17) is 9.47 Å². The van der Waals surface area contributed by atoms with Crippen LogP contribution in [-0.4, -0.2) is 49.2 Å². The summed E-state index contributed by atoms with van der Waals surface area (Å²) in [4.78, 5) is 26.1. The van der Waals surface area contributed by atoms with Gasteiger partial charge in [-0.25, -0.2) is 4.79 Å². The van der Waals surface area contributed by atoms with Gasteiger partial charge in [0.2, 0.25) is 5.91 Å². The van der Waals surface area contributed by atoms with Crippen LogP contribution in [-0.2, 0) is 16.0 Å². The number of piperidine rings is 1. The minimum absolute atomic E-state index is 0.0345. The van der Waals surface area contributed by atoms with E-state index in [0.717, 1.165) is 30.7 Å². The monoisotopic (exact) mass is 376 g/mol. The summed E-state index contributed by atoms with van der Waals surface area (Å²) >= 11 is 0. The lowest BCUT2D eigenvalue weighted by Crippen LogP contribution is -2.45. The van der Waals surface area contributed by atoms with E-state index in [2.05, 4.69) is 5.32 Å². The summed E-state index contributed by atoms with van der Waals surface area (Å²) in [5.74, 6) is 1.11. The van der Waals surface area contributed by atoms with Crippen LogP contribution in [0.3, 0.4) is 0 Å². The number of rotatable bonds is 6. The van der Waals surface area contributed by atoms with Crippen molar-refractivity contribution in [3.05, 3.63) is 29.8 Å². The minimum atomic E-state index is -0.488. The Labute approximate surface area is 162 Å². The first-order chi connectivity index (χ1) is 12.8. The fourth-order valence-corrected chi connectivity index (χ4v) is 3.16. The number of ether oxygens (including phenoxy) is 2. The van der Waals surface area contributed by atoms with Crippen molar-refractivity contribution >= 4 is 12.0 Å². The molecule has 1 fully saturated rings. The first kappa shape index (κ1) is 21.1. The summed E-state index contributed by atoms with van der Waals surface area (Å²) in [6.07, 6.45) is 2.79. The molecule has 0 saturated carbocycles. The van der Waals surface area contributed by atoms with Crippen LogP contribution in [0.25, 0.3) is 0 Å². The van der Waals surface area contributed by atoms with Gasteiger partial charge in [-0.15, -0.1) is 0 Å². The molecule has 0 aromatic heterocycles. The molecule has 1 atom stereocenters. The quantitative estimate of drug-likeness (QED) is 0.826. The van der Waals surface area contributed by atoms with E-state index in [1.165, 1.54) is 0 Å². The highest BCUT2D eigenvalue weighted by Gasteiger charge is 2.27. The van der Waals surface area contributed by atoms with Crippen LogP contribution in [0.4, 0.5) is 4.79 Å². The van der Waals surface area contributed by atoms with E-state index in [-0.39, 0.29) is 17.9 Å². The molecule has 1 aromatic rings. The SMILES string of the molecule is COc1cccc(CCC(=O)NCC2CCCN(C(=O)OC(C)(C)C)C2)c1. The van der Waals surface area contributed by atoms with Gasteiger partial charge in [0.25, 0.3) is 0 Å². The number of hydrogen-bond acceptors (Lipinski definition) is 4. The number of aryl methyl sites for hydroxylation is 1. The molecule has 2 rings (SSSR count). The van der Waals surface area contributed by atoms with E-state index < -0.39 is 5.60 Å². The van der Waals surface area contributed by atoms with Crippen molar-refractivity contribution < 1.29 is 19.1 Å². The molecule has 1 heterocycles. The number of nitrogens with zero attached hydrogens (tertiary/aromatic N) is 1. The van der Waals surface area contributed by atoms with E-state index >= 15 is 0 Å². The zero-order chi connectivity index (χ0) is 19.9. The minimum Gasteiger partial charge on any atom is -0.497 e. The standard InChI is InChI=1S/C21H32N2O4/c1-21(2,3)27-20(25)23-12-6-8-17(15-23)14-22-19(24)11-10-16-7-5-9-18(13-16)26-4/h5,7,9,13,17H,6,8,10-12,14-15H2,1-4H3,(H,22,24). The molecule has 27 heavy (non-hydrogen) atoms. The Morgan fingerprint density at radius 3 is 2.78 bits per heavy atom. The van der Waals surface area contributed by atoms with Crippen molar-refractivity contribution in [3.8, 4) is 5.75 Å². The summed E-state index contributed by atoms with van der Waals surface area (Å²) in [5, 5.41) is 3.01. The highest BCUT2D eigenvalue weighted by molar-refractivity contribution is 5.76. The van der Waals surface area contributed by atoms with Crippen molar-refractivity contribution in [2.24, 2.45) is 5.92 Å². The number of amides is 2. The van der Waals surface area contributed by atoms with Crippen LogP contribution in [0.1, 0.15) is 45.6 Å². The number of benzene rings is 1. The molecule has 150 valence electrons. The van der Waals surface area contributed by atoms with E-state index in [1.54, 1.807) is 12.0 Å². The van der Waals surface area contributed by atoms with Crippen LogP contribution in [0.2, 0.25) is 0 Å². The van der Waals surface area contributed by atoms with Crippen molar-refractivity contribution in [1.29, 1.82) is 0 Å². The first-order valence-corrected chi connectivity index (χ1v) is 9.64. The third kappa shape index (κ3) is 7.49. The predicted molar refractivity (Wildman–Crippen MR) is 105 cm³/mol. The molecule has 1 aromatic carbocycles. The molecule has 0 aliphatic carbocycles. The molecule has 0 bridgehead atoms. The summed E-state index contributed by atoms with van der Waals surface area (Å²) in [6, 6.07) is 7.77. The zero-order valence-corrected chi connectivity index (χ0v) is 16.9. The van der Waals surface area contributed by atoms with Crippen LogP contribution in [0.15, 0.2) is 24.3 Å². The largest absolute Gasteiger partial charge is 0.497 e. The van der Waals surface area contributed by atoms with Gasteiger partial charge >= 0.3 is 6.09 Å². The first-order valence-electron chi connectivity index (χ1n) is 9.64. The molecule has 1 aliphatic heterocycles. The van der Waals surface area contributed by atoms with E-state index in [9.17, 15) is 9.59 Å². The van der Waals surface area contributed by atoms with E-state index in [1.807, 2.05) is 45.0 Å². The second-order valence-corrected chi connectivity index (χ2v) is 8.09. The third-order valence-corrected chi connectivity index (χ3v) is 4.53. The van der Waals surface area contributed by atoms with Crippen molar-refractivity contribution in [2.45, 2.75) is 52.1 Å². The number of carbonyl (C=O) groups excluding carboxylic acids is 2. The summed E-state index contributed by atoms with van der Waals surface area (Å²) in [7, 11) is 1.64. The Balaban J connectivity index is 1.73. The number of nitrogens with one attached hydrogen (secondary N) is 1. The van der Waals surface area contributed by atoms with Crippen molar-refractivity contribution in [1.82, 2.24) is 10.2 Å².